The highest BCUT2D eigenvalue weighted by molar-refractivity contribution is 8.07. The largest absolute Gasteiger partial charge is 0.361 e. The van der Waals surface area contributed by atoms with Gasteiger partial charge in [0.05, 0.1) is 0 Å². The van der Waals surface area contributed by atoms with Gasteiger partial charge in [0.25, 0.3) is 0 Å². The molecule has 4 heterocycles. The van der Waals surface area contributed by atoms with Crippen LogP contribution < -0.4 is 5.01 Å². The minimum Gasteiger partial charge on any atom is -0.361 e. The zero-order valence-electron chi connectivity index (χ0n) is 13.6. The number of rotatable bonds is 1. The molecular weight excluding hydrogens is 338 g/mol. The summed E-state index contributed by atoms with van der Waals surface area (Å²) in [4.78, 5) is 3.40. The van der Waals surface area contributed by atoms with Gasteiger partial charge in [0.1, 0.15) is 10.4 Å². The van der Waals surface area contributed by atoms with E-state index in [1.54, 1.807) is 11.8 Å². The molecule has 2 aromatic heterocycles. The van der Waals surface area contributed by atoms with E-state index in [1.807, 2.05) is 11.8 Å². The fourth-order valence-corrected chi connectivity index (χ4v) is 5.47. The molecule has 2 aliphatic heterocycles. The maximum Gasteiger partial charge on any atom is 0.216 e. The number of nitrogens with one attached hydrogen (secondary N) is 1. The quantitative estimate of drug-likeness (QED) is 0.703. The Morgan fingerprint density at radius 3 is 2.83 bits per heavy atom. The van der Waals surface area contributed by atoms with Crippen LogP contribution in [0.5, 0.6) is 0 Å². The molecule has 0 radical (unpaired) electrons. The number of fused-ring (bicyclic) bond motifs is 4. The van der Waals surface area contributed by atoms with Crippen LogP contribution in [0.1, 0.15) is 37.5 Å². The van der Waals surface area contributed by atoms with Gasteiger partial charge in [0.15, 0.2) is 5.82 Å². The number of para-hydroxylation sites is 1. The van der Waals surface area contributed by atoms with E-state index < -0.39 is 0 Å². The van der Waals surface area contributed by atoms with Gasteiger partial charge in [0, 0.05) is 33.5 Å². The van der Waals surface area contributed by atoms with Crippen molar-refractivity contribution < 1.29 is 0 Å². The van der Waals surface area contributed by atoms with Crippen LogP contribution in [0.4, 0.5) is 0 Å². The number of thioether (sulfide) groups is 2. The molecule has 24 heavy (non-hydrogen) atoms. The highest BCUT2D eigenvalue weighted by Gasteiger charge is 2.42. The molecule has 0 saturated heterocycles. The normalized spacial score (nSPS) is 19.7. The van der Waals surface area contributed by atoms with E-state index >= 15 is 0 Å². The molecule has 0 aliphatic carbocycles. The third-order valence-electron chi connectivity index (χ3n) is 4.33. The monoisotopic (exact) mass is 355 g/mol. The van der Waals surface area contributed by atoms with Crippen LogP contribution in [0.15, 0.2) is 46.1 Å². The zero-order valence-corrected chi connectivity index (χ0v) is 15.3. The summed E-state index contributed by atoms with van der Waals surface area (Å²) < 4.78 is 2.20. The van der Waals surface area contributed by atoms with E-state index in [0.717, 1.165) is 11.0 Å². The second kappa shape index (κ2) is 4.83. The molecule has 0 amide bonds. The number of aromatic amines is 1. The Morgan fingerprint density at radius 2 is 2.00 bits per heavy atom. The molecule has 3 aromatic rings. The SMILES string of the molecule is CC(C)(C)c1nnc2n1N1C(=CSC1c1c[nH]c3ccccc13)S2. The van der Waals surface area contributed by atoms with Crippen LogP contribution in [0.2, 0.25) is 0 Å². The van der Waals surface area contributed by atoms with Gasteiger partial charge in [-0.3, -0.25) is 5.01 Å². The number of benzene rings is 1. The van der Waals surface area contributed by atoms with E-state index in [1.165, 1.54) is 21.5 Å². The third kappa shape index (κ3) is 1.91. The molecule has 5 rings (SSSR count). The first-order valence-corrected chi connectivity index (χ1v) is 9.65. The molecule has 1 atom stereocenters. The molecule has 0 spiro atoms. The van der Waals surface area contributed by atoms with Crippen LogP contribution in [0.3, 0.4) is 0 Å². The molecule has 1 N–H and O–H groups in total. The summed E-state index contributed by atoms with van der Waals surface area (Å²) in [5, 5.41) is 17.1. The maximum atomic E-state index is 4.45. The van der Waals surface area contributed by atoms with Crippen LogP contribution in [0.25, 0.3) is 10.9 Å². The van der Waals surface area contributed by atoms with E-state index in [9.17, 15) is 0 Å². The first-order valence-electron chi connectivity index (χ1n) is 7.89. The summed E-state index contributed by atoms with van der Waals surface area (Å²) >= 11 is 3.54. The Morgan fingerprint density at radius 1 is 1.17 bits per heavy atom. The Bertz CT molecular complexity index is 978. The molecule has 5 nitrogen and oxygen atoms in total. The van der Waals surface area contributed by atoms with Crippen molar-refractivity contribution in [3.8, 4) is 0 Å². The molecule has 122 valence electrons. The average molecular weight is 355 g/mol. The van der Waals surface area contributed by atoms with Crippen molar-refractivity contribution in [1.29, 1.82) is 0 Å². The molecule has 0 saturated carbocycles. The molecule has 2 aliphatic rings. The fraction of sp³-hybridized carbons (Fsp3) is 0.294. The van der Waals surface area contributed by atoms with Crippen LogP contribution in [0, 0.1) is 0 Å². The predicted molar refractivity (Wildman–Crippen MR) is 99.5 cm³/mol. The third-order valence-corrected chi connectivity index (χ3v) is 6.50. The van der Waals surface area contributed by atoms with Gasteiger partial charge >= 0.3 is 0 Å². The standard InChI is InChI=1S/C17H17N5S2/c1-17(2,3)15-19-20-16-22(15)21-13(24-16)9-23-14(21)11-8-18-12-7-5-4-6-10(11)12/h4-9,14,18H,1-3H3. The first kappa shape index (κ1) is 14.5. The number of hydrogen-bond donors (Lipinski definition) is 1. The zero-order chi connectivity index (χ0) is 16.5. The lowest BCUT2D eigenvalue weighted by Gasteiger charge is -2.28. The minimum atomic E-state index is -0.0563. The van der Waals surface area contributed by atoms with Gasteiger partial charge in [-0.2, -0.15) is 0 Å². The maximum absolute atomic E-state index is 4.45. The molecule has 0 bridgehead atoms. The summed E-state index contributed by atoms with van der Waals surface area (Å²) in [6.45, 7) is 6.54. The Labute approximate surface area is 148 Å². The Balaban J connectivity index is 1.65. The van der Waals surface area contributed by atoms with Crippen molar-refractivity contribution >= 4 is 34.4 Å². The molecule has 1 aromatic carbocycles. The summed E-state index contributed by atoms with van der Waals surface area (Å²) in [5.74, 6) is 1.00. The average Bonchev–Trinajstić information content (AvgIpc) is 3.24. The summed E-state index contributed by atoms with van der Waals surface area (Å²) in [7, 11) is 0. The summed E-state index contributed by atoms with van der Waals surface area (Å²) in [5.41, 5.74) is 2.41. The topological polar surface area (TPSA) is 49.7 Å². The van der Waals surface area contributed by atoms with Crippen LogP contribution in [-0.4, -0.2) is 19.9 Å². The number of nitrogens with zero attached hydrogens (tertiary/aromatic N) is 4. The van der Waals surface area contributed by atoms with E-state index in [2.05, 4.69) is 81.5 Å². The van der Waals surface area contributed by atoms with Crippen LogP contribution >= 0.6 is 23.5 Å². The first-order chi connectivity index (χ1) is 11.5. The lowest BCUT2D eigenvalue weighted by molar-refractivity contribution is 0.485. The van der Waals surface area contributed by atoms with Gasteiger partial charge in [-0.25, -0.2) is 4.68 Å². The summed E-state index contributed by atoms with van der Waals surface area (Å²) in [6.07, 6.45) is 2.13. The van der Waals surface area contributed by atoms with Gasteiger partial charge in [0.2, 0.25) is 5.16 Å². The van der Waals surface area contributed by atoms with E-state index in [0.29, 0.717) is 0 Å². The Hall–Kier alpha value is -1.86. The predicted octanol–water partition coefficient (Wildman–Crippen LogP) is 4.35. The van der Waals surface area contributed by atoms with E-state index in [-0.39, 0.29) is 10.8 Å². The van der Waals surface area contributed by atoms with Crippen molar-refractivity contribution in [2.24, 2.45) is 0 Å². The molecular formula is C17H17N5S2. The van der Waals surface area contributed by atoms with Crippen molar-refractivity contribution in [3.63, 3.8) is 0 Å². The smallest absolute Gasteiger partial charge is 0.216 e. The van der Waals surface area contributed by atoms with Gasteiger partial charge in [-0.05, 0) is 17.8 Å². The molecule has 7 heteroatoms. The van der Waals surface area contributed by atoms with Gasteiger partial charge < -0.3 is 4.98 Å². The summed E-state index contributed by atoms with van der Waals surface area (Å²) in [6, 6.07) is 8.46. The van der Waals surface area contributed by atoms with Crippen molar-refractivity contribution in [1.82, 2.24) is 19.9 Å². The lowest BCUT2D eigenvalue weighted by atomic mass is 9.96. The minimum absolute atomic E-state index is 0.0563. The molecule has 1 unspecified atom stereocenters. The highest BCUT2D eigenvalue weighted by atomic mass is 32.2. The van der Waals surface area contributed by atoms with Gasteiger partial charge in [-0.1, -0.05) is 50.7 Å². The van der Waals surface area contributed by atoms with Crippen molar-refractivity contribution in [2.75, 3.05) is 5.01 Å². The van der Waals surface area contributed by atoms with E-state index in [4.69, 9.17) is 0 Å². The lowest BCUT2D eigenvalue weighted by Crippen LogP contribution is -2.34. The van der Waals surface area contributed by atoms with Crippen molar-refractivity contribution in [2.45, 2.75) is 36.7 Å². The Kier molecular flexibility index (Phi) is 2.91. The highest BCUT2D eigenvalue weighted by Crippen LogP contribution is 2.52. The van der Waals surface area contributed by atoms with Crippen LogP contribution in [-0.2, 0) is 5.41 Å². The number of aromatic nitrogens is 4. The number of H-pyrrole nitrogens is 1. The van der Waals surface area contributed by atoms with Gasteiger partial charge in [-0.15, -0.1) is 10.2 Å². The fourth-order valence-electron chi connectivity index (χ4n) is 3.21. The molecule has 0 fully saturated rings. The second-order valence-corrected chi connectivity index (χ2v) is 8.99. The number of hydrogen-bond acceptors (Lipinski definition) is 5. The second-order valence-electron chi connectivity index (χ2n) is 7.05. The van der Waals surface area contributed by atoms with Crippen molar-refractivity contribution in [3.05, 3.63) is 52.3 Å².